The number of hydrogen-bond donors (Lipinski definition) is 5. The summed E-state index contributed by atoms with van der Waals surface area (Å²) in [6.45, 7) is 3.71. The van der Waals surface area contributed by atoms with Crippen molar-refractivity contribution in [3.8, 4) is 22.3 Å². The molecule has 7 N–H and O–H groups in total. The first-order valence-electron chi connectivity index (χ1n) is 14.8. The lowest BCUT2D eigenvalue weighted by molar-refractivity contribution is -0.146. The Balaban J connectivity index is 1.91. The maximum Gasteiger partial charge on any atom is 0.327 e. The normalized spacial score (nSPS) is 12.7. The van der Waals surface area contributed by atoms with Crippen LogP contribution in [0.4, 0.5) is 14.5 Å². The van der Waals surface area contributed by atoms with Gasteiger partial charge in [0.1, 0.15) is 17.3 Å². The van der Waals surface area contributed by atoms with Gasteiger partial charge in [-0.25, -0.2) is 8.78 Å². The van der Waals surface area contributed by atoms with E-state index in [4.69, 9.17) is 11.6 Å². The fourth-order valence-corrected chi connectivity index (χ4v) is 5.32. The lowest BCUT2D eigenvalue weighted by atomic mass is 9.94. The molecule has 3 aromatic carbocycles. The predicted octanol–water partition coefficient (Wildman–Crippen LogP) is 4.89. The summed E-state index contributed by atoms with van der Waals surface area (Å²) in [5.74, 6) is 2.04. The molecule has 10 nitrogen and oxygen atoms in total. The van der Waals surface area contributed by atoms with Crippen LogP contribution in [0.15, 0.2) is 78.9 Å². The van der Waals surface area contributed by atoms with Crippen LogP contribution in [-0.2, 0) is 20.8 Å². The van der Waals surface area contributed by atoms with E-state index in [0.29, 0.717) is 39.2 Å². The van der Waals surface area contributed by atoms with Crippen LogP contribution in [0.1, 0.15) is 54.5 Å². The number of aromatic nitrogens is 1. The number of aliphatic hydroxyl groups is 2. The van der Waals surface area contributed by atoms with E-state index >= 15 is 0 Å². The average molecular weight is 647 g/mol. The summed E-state index contributed by atoms with van der Waals surface area (Å²) in [6.07, 6.45) is -0.0829. The van der Waals surface area contributed by atoms with E-state index in [9.17, 15) is 33.4 Å². The predicted molar refractivity (Wildman–Crippen MR) is 173 cm³/mol. The minimum Gasteiger partial charge on any atom is -0.392 e. The van der Waals surface area contributed by atoms with Crippen LogP contribution in [0.25, 0.3) is 28.3 Å². The largest absolute Gasteiger partial charge is 0.392 e. The zero-order valence-electron chi connectivity index (χ0n) is 25.8. The van der Waals surface area contributed by atoms with Gasteiger partial charge in [0.25, 0.3) is 5.91 Å². The van der Waals surface area contributed by atoms with Gasteiger partial charge in [-0.3, -0.25) is 14.4 Å². The number of nitrogens with one attached hydrogen (secondary N) is 1. The van der Waals surface area contributed by atoms with Crippen molar-refractivity contribution in [3.05, 3.63) is 107 Å². The molecule has 47 heavy (non-hydrogen) atoms. The van der Waals surface area contributed by atoms with Gasteiger partial charge in [-0.15, -0.1) is 0 Å². The van der Waals surface area contributed by atoms with E-state index in [1.54, 1.807) is 47.0 Å². The number of halogens is 2. The van der Waals surface area contributed by atoms with E-state index < -0.39 is 48.0 Å². The molecule has 2 amide bonds. The van der Waals surface area contributed by atoms with Crippen LogP contribution in [0.3, 0.4) is 0 Å². The molecular weight excluding hydrogens is 610 g/mol. The second-order valence-electron chi connectivity index (χ2n) is 11.3. The summed E-state index contributed by atoms with van der Waals surface area (Å²) in [5, 5.41) is 23.9. The van der Waals surface area contributed by atoms with E-state index in [-0.39, 0.29) is 24.6 Å². The maximum absolute atomic E-state index is 14.2. The van der Waals surface area contributed by atoms with E-state index in [0.717, 1.165) is 0 Å². The summed E-state index contributed by atoms with van der Waals surface area (Å²) in [7, 11) is 0. The number of primary amides is 1. The molecule has 2 unspecified atom stereocenters. The second-order valence-corrected chi connectivity index (χ2v) is 11.3. The molecule has 0 saturated heterocycles. The number of hydrogen-bond acceptors (Lipinski definition) is 7. The number of carbonyl (C=O) groups is 3. The van der Waals surface area contributed by atoms with Crippen LogP contribution < -0.4 is 16.9 Å². The van der Waals surface area contributed by atoms with E-state index in [2.05, 4.69) is 10.2 Å². The SMILES string of the molecule is CC(C)n1c(C=CC(O)CC(O)CC(=O)ON)c(-c2ccc(F)cc2)c(-c2ccc(F)cc2)c1C(=O)Nc1ccc(CC(N)=O)cc1. The molecule has 0 aliphatic carbocycles. The lowest BCUT2D eigenvalue weighted by Gasteiger charge is -2.17. The molecule has 4 aromatic rings. The third-order valence-corrected chi connectivity index (χ3v) is 7.35. The Kier molecular flexibility index (Phi) is 11.4. The Morgan fingerprint density at radius 2 is 1.45 bits per heavy atom. The van der Waals surface area contributed by atoms with Gasteiger partial charge in [-0.2, -0.15) is 5.90 Å². The molecule has 246 valence electrons. The van der Waals surface area contributed by atoms with Crippen LogP contribution in [0.5, 0.6) is 0 Å². The highest BCUT2D eigenvalue weighted by Gasteiger charge is 2.30. The van der Waals surface area contributed by atoms with Crippen molar-refractivity contribution in [3.63, 3.8) is 0 Å². The summed E-state index contributed by atoms with van der Waals surface area (Å²) in [4.78, 5) is 41.1. The third kappa shape index (κ3) is 8.76. The van der Waals surface area contributed by atoms with Gasteiger partial charge >= 0.3 is 5.97 Å². The smallest absolute Gasteiger partial charge is 0.327 e. The second kappa shape index (κ2) is 15.4. The first kappa shape index (κ1) is 34.7. The molecule has 12 heteroatoms. The molecule has 0 aliphatic rings. The third-order valence-electron chi connectivity index (χ3n) is 7.35. The molecule has 1 aromatic heterocycles. The topological polar surface area (TPSA) is 170 Å². The van der Waals surface area contributed by atoms with Crippen molar-refractivity contribution in [2.45, 2.75) is 51.4 Å². The molecule has 0 saturated carbocycles. The van der Waals surface area contributed by atoms with Crippen LogP contribution >= 0.6 is 0 Å². The Bertz CT molecular complexity index is 1750. The van der Waals surface area contributed by atoms with Crippen LogP contribution in [0, 0.1) is 11.6 Å². The Morgan fingerprint density at radius 1 is 0.894 bits per heavy atom. The number of aliphatic hydroxyl groups excluding tert-OH is 2. The first-order chi connectivity index (χ1) is 22.4. The number of amides is 2. The fraction of sp³-hybridized carbons (Fsp3) is 0.229. The Hall–Kier alpha value is -5.17. The first-order valence-corrected chi connectivity index (χ1v) is 14.8. The monoisotopic (exact) mass is 646 g/mol. The Morgan fingerprint density at radius 3 is 1.96 bits per heavy atom. The highest BCUT2D eigenvalue weighted by atomic mass is 19.1. The number of benzene rings is 3. The highest BCUT2D eigenvalue weighted by Crippen LogP contribution is 2.43. The molecule has 0 spiro atoms. The van der Waals surface area contributed by atoms with Crippen LogP contribution in [0.2, 0.25) is 0 Å². The molecular formula is C35H36F2N4O6. The van der Waals surface area contributed by atoms with Gasteiger partial charge in [0.15, 0.2) is 0 Å². The maximum atomic E-state index is 14.2. The summed E-state index contributed by atoms with van der Waals surface area (Å²) < 4.78 is 30.0. The fourth-order valence-electron chi connectivity index (χ4n) is 5.32. The van der Waals surface area contributed by atoms with Crippen molar-refractivity contribution in [1.29, 1.82) is 0 Å². The summed E-state index contributed by atoms with van der Waals surface area (Å²) in [5.41, 5.74) is 9.03. The summed E-state index contributed by atoms with van der Waals surface area (Å²) >= 11 is 0. The zero-order chi connectivity index (χ0) is 34.2. The number of nitrogens with zero attached hydrogens (tertiary/aromatic N) is 1. The highest BCUT2D eigenvalue weighted by molar-refractivity contribution is 6.12. The van der Waals surface area contributed by atoms with E-state index in [1.165, 1.54) is 42.5 Å². The van der Waals surface area contributed by atoms with Gasteiger partial charge in [0.2, 0.25) is 5.91 Å². The van der Waals surface area contributed by atoms with E-state index in [1.807, 2.05) is 13.8 Å². The lowest BCUT2D eigenvalue weighted by Crippen LogP contribution is -2.22. The minimum atomic E-state index is -1.25. The number of rotatable bonds is 13. The standard InChI is InChI=1S/C35H36F2N4O6/c1-20(2)41-29(16-15-27(42)18-28(43)19-31(45)47-39)32(22-5-9-24(36)10-6-22)33(23-7-11-25(37)12-8-23)34(41)35(46)40-26-13-3-21(4-14-26)17-30(38)44/h3-16,20,27-28,42-43H,17-19,39H2,1-2H3,(H2,38,44)(H,40,46). The zero-order valence-corrected chi connectivity index (χ0v) is 25.8. The van der Waals surface area contributed by atoms with Crippen molar-refractivity contribution in [1.82, 2.24) is 4.57 Å². The van der Waals surface area contributed by atoms with Crippen molar-refractivity contribution >= 4 is 29.5 Å². The molecule has 0 aliphatic heterocycles. The molecule has 2 atom stereocenters. The molecule has 4 rings (SSSR count). The average Bonchev–Trinajstić information content (AvgIpc) is 3.37. The molecule has 0 bridgehead atoms. The molecule has 1 heterocycles. The van der Waals surface area contributed by atoms with Gasteiger partial charge in [0.05, 0.1) is 25.0 Å². The minimum absolute atomic E-state index is 0.0375. The number of anilines is 1. The van der Waals surface area contributed by atoms with Crippen LogP contribution in [-0.4, -0.2) is 44.8 Å². The quantitative estimate of drug-likeness (QED) is 0.129. The van der Waals surface area contributed by atoms with Gasteiger partial charge in [0, 0.05) is 35.0 Å². The number of nitrogens with two attached hydrogens (primary N) is 2. The van der Waals surface area contributed by atoms with Gasteiger partial charge < -0.3 is 30.7 Å². The Labute approximate surface area is 270 Å². The molecule has 0 radical (unpaired) electrons. The van der Waals surface area contributed by atoms with Crippen molar-refractivity contribution in [2.75, 3.05) is 5.32 Å². The van der Waals surface area contributed by atoms with Gasteiger partial charge in [-0.1, -0.05) is 42.5 Å². The number of carbonyl (C=O) groups excluding carboxylic acids is 3. The van der Waals surface area contributed by atoms with Gasteiger partial charge in [-0.05, 0) is 73.0 Å². The van der Waals surface area contributed by atoms with Crippen molar-refractivity contribution in [2.24, 2.45) is 11.6 Å². The van der Waals surface area contributed by atoms with Crippen molar-refractivity contribution < 1.29 is 38.2 Å². The summed E-state index contributed by atoms with van der Waals surface area (Å²) in [6, 6.07) is 17.5. The molecule has 0 fully saturated rings.